The second-order valence-electron chi connectivity index (χ2n) is 5.81. The van der Waals surface area contributed by atoms with Crippen molar-refractivity contribution in [1.29, 1.82) is 0 Å². The highest BCUT2D eigenvalue weighted by atomic mass is 16.3. The van der Waals surface area contributed by atoms with Crippen LogP contribution >= 0.6 is 0 Å². The third-order valence-electron chi connectivity index (χ3n) is 4.04. The van der Waals surface area contributed by atoms with Crippen molar-refractivity contribution in [2.45, 2.75) is 13.3 Å². The van der Waals surface area contributed by atoms with Crippen LogP contribution < -0.4 is 10.2 Å². The van der Waals surface area contributed by atoms with Gasteiger partial charge in [-0.2, -0.15) is 0 Å². The summed E-state index contributed by atoms with van der Waals surface area (Å²) in [6.07, 6.45) is 3.15. The standard InChI is InChI=1S/C21H20N2O3/c1-2-23(19-6-4-3-5-7-19)20(24)14-16-8-10-18(11-9-16)22-21(25)17-12-13-26-15-17/h3-13,15H,2,14H2,1H3,(H,22,25). The number of carbonyl (C=O) groups excluding carboxylic acids is 2. The molecule has 2 amide bonds. The number of amides is 2. The van der Waals surface area contributed by atoms with Crippen LogP contribution in [0.2, 0.25) is 0 Å². The number of hydrogen-bond acceptors (Lipinski definition) is 3. The molecule has 132 valence electrons. The van der Waals surface area contributed by atoms with Crippen LogP contribution in [0.15, 0.2) is 77.6 Å². The van der Waals surface area contributed by atoms with E-state index in [0.29, 0.717) is 24.2 Å². The van der Waals surface area contributed by atoms with Crippen molar-refractivity contribution < 1.29 is 14.0 Å². The van der Waals surface area contributed by atoms with E-state index in [4.69, 9.17) is 4.42 Å². The number of nitrogens with zero attached hydrogens (tertiary/aromatic N) is 1. The molecule has 2 aromatic carbocycles. The Bertz CT molecular complexity index is 856. The number of carbonyl (C=O) groups is 2. The Kier molecular flexibility index (Phi) is 5.49. The van der Waals surface area contributed by atoms with E-state index in [2.05, 4.69) is 5.32 Å². The summed E-state index contributed by atoms with van der Waals surface area (Å²) in [5.41, 5.74) is 2.92. The first-order valence-electron chi connectivity index (χ1n) is 8.45. The van der Waals surface area contributed by atoms with Crippen LogP contribution in [0, 0.1) is 0 Å². The zero-order chi connectivity index (χ0) is 18.4. The Morgan fingerprint density at radius 1 is 1.00 bits per heavy atom. The molecular formula is C21H20N2O3. The number of anilines is 2. The lowest BCUT2D eigenvalue weighted by atomic mass is 10.1. The number of likely N-dealkylation sites (N-methyl/N-ethyl adjacent to an activating group) is 1. The molecule has 0 fully saturated rings. The third-order valence-corrected chi connectivity index (χ3v) is 4.04. The van der Waals surface area contributed by atoms with E-state index in [9.17, 15) is 9.59 Å². The number of hydrogen-bond donors (Lipinski definition) is 1. The number of rotatable bonds is 6. The van der Waals surface area contributed by atoms with Gasteiger partial charge in [0.15, 0.2) is 0 Å². The topological polar surface area (TPSA) is 62.6 Å². The van der Waals surface area contributed by atoms with Gasteiger partial charge in [-0.3, -0.25) is 9.59 Å². The summed E-state index contributed by atoms with van der Waals surface area (Å²) in [6, 6.07) is 18.5. The molecule has 0 aliphatic heterocycles. The van der Waals surface area contributed by atoms with Crippen LogP contribution in [0.4, 0.5) is 11.4 Å². The lowest BCUT2D eigenvalue weighted by Crippen LogP contribution is -2.31. The van der Waals surface area contributed by atoms with Crippen LogP contribution in [0.5, 0.6) is 0 Å². The molecule has 0 bridgehead atoms. The monoisotopic (exact) mass is 348 g/mol. The number of benzene rings is 2. The SMILES string of the molecule is CCN(C(=O)Cc1ccc(NC(=O)c2ccoc2)cc1)c1ccccc1. The first-order valence-corrected chi connectivity index (χ1v) is 8.45. The van der Waals surface area contributed by atoms with Gasteiger partial charge in [0.2, 0.25) is 5.91 Å². The maximum Gasteiger partial charge on any atom is 0.258 e. The Balaban J connectivity index is 1.63. The smallest absolute Gasteiger partial charge is 0.258 e. The Morgan fingerprint density at radius 2 is 1.73 bits per heavy atom. The van der Waals surface area contributed by atoms with E-state index in [0.717, 1.165) is 11.3 Å². The van der Waals surface area contributed by atoms with Crippen LogP contribution in [-0.4, -0.2) is 18.4 Å². The van der Waals surface area contributed by atoms with Crippen molar-refractivity contribution in [1.82, 2.24) is 0 Å². The minimum atomic E-state index is -0.233. The van der Waals surface area contributed by atoms with E-state index in [1.807, 2.05) is 49.4 Å². The molecule has 3 rings (SSSR count). The fourth-order valence-corrected chi connectivity index (χ4v) is 2.68. The molecule has 0 unspecified atom stereocenters. The summed E-state index contributed by atoms with van der Waals surface area (Å²) in [5.74, 6) is -0.197. The molecule has 0 saturated heterocycles. The second-order valence-corrected chi connectivity index (χ2v) is 5.81. The van der Waals surface area contributed by atoms with Crippen LogP contribution in [0.1, 0.15) is 22.8 Å². The van der Waals surface area contributed by atoms with Gasteiger partial charge in [0, 0.05) is 17.9 Å². The minimum absolute atomic E-state index is 0.0360. The van der Waals surface area contributed by atoms with Gasteiger partial charge >= 0.3 is 0 Å². The van der Waals surface area contributed by atoms with E-state index < -0.39 is 0 Å². The first-order chi connectivity index (χ1) is 12.7. The fourth-order valence-electron chi connectivity index (χ4n) is 2.68. The van der Waals surface area contributed by atoms with Gasteiger partial charge < -0.3 is 14.6 Å². The molecule has 0 spiro atoms. The first kappa shape index (κ1) is 17.5. The summed E-state index contributed by atoms with van der Waals surface area (Å²) < 4.78 is 4.90. The molecule has 0 atom stereocenters. The van der Waals surface area contributed by atoms with E-state index in [1.54, 1.807) is 23.1 Å². The maximum atomic E-state index is 12.6. The molecule has 26 heavy (non-hydrogen) atoms. The van der Waals surface area contributed by atoms with Crippen LogP contribution in [0.3, 0.4) is 0 Å². The fraction of sp³-hybridized carbons (Fsp3) is 0.143. The summed E-state index contributed by atoms with van der Waals surface area (Å²) in [7, 11) is 0. The molecule has 3 aromatic rings. The molecule has 0 saturated carbocycles. The Morgan fingerprint density at radius 3 is 2.35 bits per heavy atom. The highest BCUT2D eigenvalue weighted by Gasteiger charge is 2.14. The van der Waals surface area contributed by atoms with Gasteiger partial charge in [-0.05, 0) is 42.8 Å². The molecule has 1 heterocycles. The van der Waals surface area contributed by atoms with Gasteiger partial charge in [-0.25, -0.2) is 0 Å². The quantitative estimate of drug-likeness (QED) is 0.728. The number of furan rings is 1. The maximum absolute atomic E-state index is 12.6. The third kappa shape index (κ3) is 4.19. The average Bonchev–Trinajstić information content (AvgIpc) is 3.20. The molecule has 5 heteroatoms. The van der Waals surface area contributed by atoms with Gasteiger partial charge in [0.05, 0.1) is 18.2 Å². The molecule has 1 N–H and O–H groups in total. The average molecular weight is 348 g/mol. The van der Waals surface area contributed by atoms with Crippen LogP contribution in [-0.2, 0) is 11.2 Å². The van der Waals surface area contributed by atoms with Crippen molar-refractivity contribution in [2.24, 2.45) is 0 Å². The second kappa shape index (κ2) is 8.16. The Hall–Kier alpha value is -3.34. The van der Waals surface area contributed by atoms with Gasteiger partial charge in [0.25, 0.3) is 5.91 Å². The van der Waals surface area contributed by atoms with Gasteiger partial charge in [-0.1, -0.05) is 30.3 Å². The highest BCUT2D eigenvalue weighted by molar-refractivity contribution is 6.04. The summed E-state index contributed by atoms with van der Waals surface area (Å²) in [4.78, 5) is 26.4. The van der Waals surface area contributed by atoms with Crippen molar-refractivity contribution in [2.75, 3.05) is 16.8 Å². The molecule has 0 aliphatic rings. The summed E-state index contributed by atoms with van der Waals surface area (Å²) >= 11 is 0. The van der Waals surface area contributed by atoms with Gasteiger partial charge in [0.1, 0.15) is 6.26 Å². The molecule has 5 nitrogen and oxygen atoms in total. The summed E-state index contributed by atoms with van der Waals surface area (Å²) in [6.45, 7) is 2.57. The van der Waals surface area contributed by atoms with E-state index in [1.165, 1.54) is 12.5 Å². The summed E-state index contributed by atoms with van der Waals surface area (Å²) in [5, 5.41) is 2.79. The zero-order valence-electron chi connectivity index (χ0n) is 14.5. The van der Waals surface area contributed by atoms with E-state index in [-0.39, 0.29) is 11.8 Å². The lowest BCUT2D eigenvalue weighted by Gasteiger charge is -2.21. The largest absolute Gasteiger partial charge is 0.472 e. The van der Waals surface area contributed by atoms with Crippen molar-refractivity contribution in [3.8, 4) is 0 Å². The normalized spacial score (nSPS) is 10.3. The molecular weight excluding hydrogens is 328 g/mol. The van der Waals surface area contributed by atoms with Crippen molar-refractivity contribution in [3.63, 3.8) is 0 Å². The Labute approximate surface area is 152 Å². The lowest BCUT2D eigenvalue weighted by molar-refractivity contribution is -0.117. The zero-order valence-corrected chi connectivity index (χ0v) is 14.5. The van der Waals surface area contributed by atoms with E-state index >= 15 is 0 Å². The number of para-hydroxylation sites is 1. The van der Waals surface area contributed by atoms with Crippen molar-refractivity contribution in [3.05, 3.63) is 84.3 Å². The molecule has 0 aliphatic carbocycles. The minimum Gasteiger partial charge on any atom is -0.472 e. The molecule has 1 aromatic heterocycles. The van der Waals surface area contributed by atoms with Crippen molar-refractivity contribution >= 4 is 23.2 Å². The predicted octanol–water partition coefficient (Wildman–Crippen LogP) is 4.13. The highest BCUT2D eigenvalue weighted by Crippen LogP contribution is 2.16. The predicted molar refractivity (Wildman–Crippen MR) is 101 cm³/mol. The number of nitrogens with one attached hydrogen (secondary N) is 1. The molecule has 0 radical (unpaired) electrons. The van der Waals surface area contributed by atoms with Crippen LogP contribution in [0.25, 0.3) is 0 Å². The van der Waals surface area contributed by atoms with Gasteiger partial charge in [-0.15, -0.1) is 0 Å².